The fraction of sp³-hybridized carbons (Fsp3) is 0.773. The van der Waals surface area contributed by atoms with Gasteiger partial charge in [-0.1, -0.05) is 39.3 Å². The molecule has 0 aromatic rings. The number of hydrogen-bond acceptors (Lipinski definition) is 2. The van der Waals surface area contributed by atoms with Crippen LogP contribution < -0.4 is 0 Å². The third kappa shape index (κ3) is 2.01. The Kier molecular flexibility index (Phi) is 3.84. The van der Waals surface area contributed by atoms with Crippen molar-refractivity contribution < 1.29 is 9.90 Å². The zero-order chi connectivity index (χ0) is 17.1. The summed E-state index contributed by atoms with van der Waals surface area (Å²) in [5.41, 5.74) is 1.66. The van der Waals surface area contributed by atoms with Gasteiger partial charge < -0.3 is 5.11 Å². The Bertz CT molecular complexity index is 603. The van der Waals surface area contributed by atoms with E-state index in [-0.39, 0.29) is 23.7 Å². The van der Waals surface area contributed by atoms with Crippen LogP contribution in [0.5, 0.6) is 0 Å². The van der Waals surface area contributed by atoms with E-state index in [4.69, 9.17) is 0 Å². The van der Waals surface area contributed by atoms with Gasteiger partial charge >= 0.3 is 0 Å². The zero-order valence-corrected chi connectivity index (χ0v) is 15.4. The van der Waals surface area contributed by atoms with Gasteiger partial charge in [0.15, 0.2) is 5.78 Å². The highest BCUT2D eigenvalue weighted by Gasteiger charge is 2.59. The number of fused-ring (bicyclic) bond motifs is 5. The van der Waals surface area contributed by atoms with Crippen molar-refractivity contribution in [2.75, 3.05) is 6.61 Å². The second-order valence-corrected chi connectivity index (χ2v) is 9.31. The first-order chi connectivity index (χ1) is 11.4. The van der Waals surface area contributed by atoms with Crippen LogP contribution in [0, 0.1) is 40.4 Å². The number of hydrogen-bond donors (Lipinski definition) is 1. The van der Waals surface area contributed by atoms with E-state index < -0.39 is 0 Å². The Balaban J connectivity index is 1.75. The van der Waals surface area contributed by atoms with E-state index in [1.165, 1.54) is 37.7 Å². The maximum absolute atomic E-state index is 12.1. The maximum Gasteiger partial charge on any atom is 0.156 e. The molecule has 0 aliphatic heterocycles. The Morgan fingerprint density at radius 3 is 2.67 bits per heavy atom. The number of aliphatic hydroxyl groups is 1. The summed E-state index contributed by atoms with van der Waals surface area (Å²) >= 11 is 0. The molecule has 1 N–H and O–H groups in total. The van der Waals surface area contributed by atoms with Crippen molar-refractivity contribution in [1.82, 2.24) is 0 Å². The van der Waals surface area contributed by atoms with E-state index in [2.05, 4.69) is 32.9 Å². The molecule has 2 heteroatoms. The summed E-state index contributed by atoms with van der Waals surface area (Å²) < 4.78 is 0. The Labute approximate surface area is 146 Å². The van der Waals surface area contributed by atoms with Gasteiger partial charge in [0, 0.05) is 18.4 Å². The van der Waals surface area contributed by atoms with Crippen LogP contribution in [0.1, 0.15) is 59.3 Å². The minimum absolute atomic E-state index is 0.0201. The highest BCUT2D eigenvalue weighted by atomic mass is 16.3. The van der Waals surface area contributed by atoms with Crippen molar-refractivity contribution in [2.24, 2.45) is 40.4 Å². The van der Waals surface area contributed by atoms with Crippen molar-refractivity contribution in [2.45, 2.75) is 59.3 Å². The summed E-state index contributed by atoms with van der Waals surface area (Å²) in [6, 6.07) is 0. The van der Waals surface area contributed by atoms with Crippen molar-refractivity contribution >= 4 is 5.78 Å². The van der Waals surface area contributed by atoms with E-state index in [1.54, 1.807) is 0 Å². The minimum Gasteiger partial charge on any atom is -0.396 e. The standard InChI is InChI=1S/C22H32O2/c1-4-14-6-8-19-18-7-5-15-11-17(24)12-16(13-23)22(15,3)20(18)9-10-21(14,19)2/h5,7,11,14,16,18-20,23H,4,6,8-10,12-13H2,1-3H3/t14-,16?,18-,19-,20-,21+,22+/m0/s1. The lowest BCUT2D eigenvalue weighted by Gasteiger charge is -2.58. The first-order valence-electron chi connectivity index (χ1n) is 9.99. The van der Waals surface area contributed by atoms with E-state index in [0.717, 1.165) is 11.8 Å². The Morgan fingerprint density at radius 2 is 1.96 bits per heavy atom. The molecule has 0 aromatic heterocycles. The van der Waals surface area contributed by atoms with Gasteiger partial charge in [-0.15, -0.1) is 0 Å². The molecule has 0 aromatic carbocycles. The second-order valence-electron chi connectivity index (χ2n) is 9.31. The first kappa shape index (κ1) is 16.6. The van der Waals surface area contributed by atoms with Crippen LogP contribution in [-0.2, 0) is 4.79 Å². The Morgan fingerprint density at radius 1 is 1.17 bits per heavy atom. The van der Waals surface area contributed by atoms with Crippen molar-refractivity contribution in [1.29, 1.82) is 0 Å². The zero-order valence-electron chi connectivity index (χ0n) is 15.4. The molecule has 1 unspecified atom stereocenters. The first-order valence-corrected chi connectivity index (χ1v) is 9.99. The molecule has 0 heterocycles. The fourth-order valence-corrected chi connectivity index (χ4v) is 7.23. The van der Waals surface area contributed by atoms with Gasteiger partial charge in [-0.25, -0.2) is 0 Å². The fourth-order valence-electron chi connectivity index (χ4n) is 7.23. The Hall–Kier alpha value is -0.890. The van der Waals surface area contributed by atoms with Gasteiger partial charge in [0.1, 0.15) is 0 Å². The average molecular weight is 328 g/mol. The third-order valence-electron chi connectivity index (χ3n) is 8.74. The molecule has 0 amide bonds. The van der Waals surface area contributed by atoms with Crippen molar-refractivity contribution in [3.8, 4) is 0 Å². The van der Waals surface area contributed by atoms with E-state index in [9.17, 15) is 9.90 Å². The van der Waals surface area contributed by atoms with Crippen LogP contribution >= 0.6 is 0 Å². The van der Waals surface area contributed by atoms with Gasteiger partial charge in [-0.3, -0.25) is 4.79 Å². The smallest absolute Gasteiger partial charge is 0.156 e. The van der Waals surface area contributed by atoms with Gasteiger partial charge in [0.2, 0.25) is 0 Å². The number of carbonyl (C=O) groups excluding carboxylic acids is 1. The van der Waals surface area contributed by atoms with E-state index in [1.807, 2.05) is 6.08 Å². The van der Waals surface area contributed by atoms with Gasteiger partial charge in [0.25, 0.3) is 0 Å². The number of aliphatic hydroxyl groups excluding tert-OH is 1. The SMILES string of the molecule is CC[C@H]1CC[C@H]2[C@@H]3C=CC4=CC(=O)CC(CO)[C@]4(C)[C@H]3CC[C@]12C. The molecular weight excluding hydrogens is 296 g/mol. The van der Waals surface area contributed by atoms with Crippen molar-refractivity contribution in [3.05, 3.63) is 23.8 Å². The number of ketones is 1. The van der Waals surface area contributed by atoms with Gasteiger partial charge in [-0.2, -0.15) is 0 Å². The highest BCUT2D eigenvalue weighted by molar-refractivity contribution is 5.92. The van der Waals surface area contributed by atoms with Gasteiger partial charge in [0.05, 0.1) is 0 Å². The van der Waals surface area contributed by atoms with Crippen LogP contribution in [0.15, 0.2) is 23.8 Å². The molecule has 4 aliphatic rings. The summed E-state index contributed by atoms with van der Waals surface area (Å²) in [6.45, 7) is 7.38. The molecule has 0 spiro atoms. The van der Waals surface area contributed by atoms with Crippen molar-refractivity contribution in [3.63, 3.8) is 0 Å². The molecule has 132 valence electrons. The molecular formula is C22H32O2. The number of carbonyl (C=O) groups is 1. The molecule has 0 radical (unpaired) electrons. The van der Waals surface area contributed by atoms with Crippen LogP contribution in [0.4, 0.5) is 0 Å². The molecule has 4 rings (SSSR count). The normalized spacial score (nSPS) is 50.1. The van der Waals surface area contributed by atoms with Crippen LogP contribution in [0.2, 0.25) is 0 Å². The molecule has 2 nitrogen and oxygen atoms in total. The molecule has 0 bridgehead atoms. The highest BCUT2D eigenvalue weighted by Crippen LogP contribution is 2.66. The molecule has 2 fully saturated rings. The van der Waals surface area contributed by atoms with Crippen LogP contribution in [-0.4, -0.2) is 17.5 Å². The summed E-state index contributed by atoms with van der Waals surface area (Å²) in [6.07, 6.45) is 13.7. The quantitative estimate of drug-likeness (QED) is 0.808. The minimum atomic E-state index is -0.0201. The maximum atomic E-state index is 12.1. The summed E-state index contributed by atoms with van der Waals surface area (Å²) in [5, 5.41) is 10.0. The molecule has 7 atom stereocenters. The summed E-state index contributed by atoms with van der Waals surface area (Å²) in [5.74, 6) is 3.17. The van der Waals surface area contributed by atoms with E-state index >= 15 is 0 Å². The molecule has 0 saturated heterocycles. The molecule has 4 aliphatic carbocycles. The van der Waals surface area contributed by atoms with Crippen LogP contribution in [0.3, 0.4) is 0 Å². The topological polar surface area (TPSA) is 37.3 Å². The number of allylic oxidation sites excluding steroid dienone is 4. The monoisotopic (exact) mass is 328 g/mol. The van der Waals surface area contributed by atoms with E-state index in [0.29, 0.717) is 23.7 Å². The number of rotatable bonds is 2. The summed E-state index contributed by atoms with van der Waals surface area (Å²) in [4.78, 5) is 12.1. The predicted octanol–water partition coefficient (Wildman–Crippen LogP) is 4.54. The largest absolute Gasteiger partial charge is 0.396 e. The lowest BCUT2D eigenvalue weighted by molar-refractivity contribution is -0.120. The van der Waals surface area contributed by atoms with Crippen LogP contribution in [0.25, 0.3) is 0 Å². The lowest BCUT2D eigenvalue weighted by Crippen LogP contribution is -2.52. The predicted molar refractivity (Wildman–Crippen MR) is 96.4 cm³/mol. The second kappa shape index (κ2) is 5.56. The molecule has 2 saturated carbocycles. The summed E-state index contributed by atoms with van der Waals surface area (Å²) in [7, 11) is 0. The third-order valence-corrected chi connectivity index (χ3v) is 8.74. The lowest BCUT2D eigenvalue weighted by atomic mass is 9.46. The average Bonchev–Trinajstić information content (AvgIpc) is 2.91. The molecule has 24 heavy (non-hydrogen) atoms. The van der Waals surface area contributed by atoms with Gasteiger partial charge in [-0.05, 0) is 72.3 Å².